The molecular formula is C20H18N2O3S. The molecule has 3 rings (SSSR count). The minimum absolute atomic E-state index is 0.142. The van der Waals surface area contributed by atoms with Crippen molar-refractivity contribution in [2.24, 2.45) is 0 Å². The van der Waals surface area contributed by atoms with Crippen molar-refractivity contribution in [1.29, 1.82) is 0 Å². The highest BCUT2D eigenvalue weighted by atomic mass is 32.2. The molecule has 0 heterocycles. The number of benzene rings is 3. The van der Waals surface area contributed by atoms with E-state index in [1.807, 2.05) is 6.07 Å². The summed E-state index contributed by atoms with van der Waals surface area (Å²) in [5.74, 6) is -0.254. The van der Waals surface area contributed by atoms with Crippen LogP contribution in [0.25, 0.3) is 10.8 Å². The largest absolute Gasteiger partial charge is 0.321 e. The van der Waals surface area contributed by atoms with Crippen molar-refractivity contribution in [3.05, 3.63) is 84.9 Å². The molecule has 0 radical (unpaired) electrons. The molecule has 0 aliphatic carbocycles. The Balaban J connectivity index is 2.03. The number of sulfonamides is 1. The molecule has 6 heteroatoms. The number of carbonyl (C=O) groups excluding carboxylic acids is 1. The molecule has 0 unspecified atom stereocenters. The fourth-order valence-electron chi connectivity index (χ4n) is 2.65. The first-order valence-electron chi connectivity index (χ1n) is 8.01. The molecule has 3 aromatic carbocycles. The molecule has 0 saturated carbocycles. The zero-order valence-corrected chi connectivity index (χ0v) is 14.8. The van der Waals surface area contributed by atoms with Crippen LogP contribution in [0.1, 0.15) is 10.4 Å². The molecule has 2 N–H and O–H groups in total. The summed E-state index contributed by atoms with van der Waals surface area (Å²) in [5, 5.41) is 4.04. The number of carbonyl (C=O) groups is 1. The van der Waals surface area contributed by atoms with Gasteiger partial charge in [0.2, 0.25) is 10.0 Å². The maximum Gasteiger partial charge on any atom is 0.255 e. The zero-order chi connectivity index (χ0) is 18.6. The number of hydrogen-bond donors (Lipinski definition) is 2. The van der Waals surface area contributed by atoms with Gasteiger partial charge in [0, 0.05) is 28.6 Å². The van der Waals surface area contributed by atoms with Gasteiger partial charge in [-0.25, -0.2) is 13.1 Å². The molecule has 3 aromatic rings. The number of amides is 1. The van der Waals surface area contributed by atoms with E-state index in [1.165, 1.54) is 12.1 Å². The Bertz CT molecular complexity index is 1060. The summed E-state index contributed by atoms with van der Waals surface area (Å²) in [4.78, 5) is 12.6. The highest BCUT2D eigenvalue weighted by Crippen LogP contribution is 2.29. The molecule has 5 nitrogen and oxygen atoms in total. The molecule has 132 valence electrons. The lowest BCUT2D eigenvalue weighted by Gasteiger charge is -2.13. The van der Waals surface area contributed by atoms with Gasteiger partial charge in [-0.1, -0.05) is 48.5 Å². The van der Waals surface area contributed by atoms with Gasteiger partial charge in [0.1, 0.15) is 0 Å². The average molecular weight is 366 g/mol. The van der Waals surface area contributed by atoms with Gasteiger partial charge in [0.15, 0.2) is 0 Å². The fraction of sp³-hybridized carbons (Fsp3) is 0.0500. The lowest BCUT2D eigenvalue weighted by molar-refractivity contribution is 0.102. The first-order chi connectivity index (χ1) is 12.5. The smallest absolute Gasteiger partial charge is 0.255 e. The molecule has 0 saturated heterocycles. The Morgan fingerprint density at radius 3 is 2.27 bits per heavy atom. The topological polar surface area (TPSA) is 75.3 Å². The zero-order valence-electron chi connectivity index (χ0n) is 14.0. The number of rotatable bonds is 6. The molecule has 0 atom stereocenters. The molecular weight excluding hydrogens is 348 g/mol. The van der Waals surface area contributed by atoms with Crippen molar-refractivity contribution in [3.63, 3.8) is 0 Å². The van der Waals surface area contributed by atoms with Gasteiger partial charge in [-0.3, -0.25) is 4.79 Å². The predicted octanol–water partition coefficient (Wildman–Crippen LogP) is 3.56. The first kappa shape index (κ1) is 17.8. The van der Waals surface area contributed by atoms with E-state index in [0.717, 1.165) is 0 Å². The molecule has 0 aliphatic rings. The Hall–Kier alpha value is -2.96. The summed E-state index contributed by atoms with van der Waals surface area (Å²) >= 11 is 0. The third kappa shape index (κ3) is 3.66. The van der Waals surface area contributed by atoms with Crippen LogP contribution in [0.15, 0.2) is 84.3 Å². The molecule has 0 fully saturated rings. The normalized spacial score (nSPS) is 11.2. The van der Waals surface area contributed by atoms with E-state index in [4.69, 9.17) is 0 Å². The lowest BCUT2D eigenvalue weighted by Crippen LogP contribution is -2.24. The summed E-state index contributed by atoms with van der Waals surface area (Å²) in [7, 11) is -3.68. The second-order valence-electron chi connectivity index (χ2n) is 5.62. The molecule has 0 aromatic heterocycles. The van der Waals surface area contributed by atoms with Crippen LogP contribution in [0.2, 0.25) is 0 Å². The van der Waals surface area contributed by atoms with E-state index < -0.39 is 10.0 Å². The number of hydrogen-bond acceptors (Lipinski definition) is 3. The summed E-state index contributed by atoms with van der Waals surface area (Å²) in [5.41, 5.74) is 1.08. The monoisotopic (exact) mass is 366 g/mol. The van der Waals surface area contributed by atoms with E-state index in [-0.39, 0.29) is 17.3 Å². The van der Waals surface area contributed by atoms with E-state index in [0.29, 0.717) is 22.0 Å². The summed E-state index contributed by atoms with van der Waals surface area (Å²) < 4.78 is 27.5. The van der Waals surface area contributed by atoms with Gasteiger partial charge >= 0.3 is 0 Å². The number of nitrogens with one attached hydrogen (secondary N) is 2. The van der Waals surface area contributed by atoms with Crippen molar-refractivity contribution >= 4 is 32.4 Å². The second kappa shape index (κ2) is 7.51. The van der Waals surface area contributed by atoms with Crippen LogP contribution in [0.4, 0.5) is 5.69 Å². The van der Waals surface area contributed by atoms with Crippen molar-refractivity contribution < 1.29 is 13.2 Å². The van der Waals surface area contributed by atoms with E-state index >= 15 is 0 Å². The van der Waals surface area contributed by atoms with Crippen LogP contribution < -0.4 is 10.0 Å². The summed E-state index contributed by atoms with van der Waals surface area (Å²) in [6.07, 6.45) is 1.48. The molecule has 0 aliphatic heterocycles. The van der Waals surface area contributed by atoms with E-state index in [2.05, 4.69) is 16.6 Å². The third-order valence-electron chi connectivity index (χ3n) is 3.88. The highest BCUT2D eigenvalue weighted by molar-refractivity contribution is 7.89. The predicted molar refractivity (Wildman–Crippen MR) is 104 cm³/mol. The maximum atomic E-state index is 12.5. The van der Waals surface area contributed by atoms with Crippen LogP contribution >= 0.6 is 0 Å². The van der Waals surface area contributed by atoms with Crippen molar-refractivity contribution in [2.75, 3.05) is 11.9 Å². The number of fused-ring (bicyclic) bond motifs is 1. The van der Waals surface area contributed by atoms with Crippen molar-refractivity contribution in [2.45, 2.75) is 4.90 Å². The first-order valence-corrected chi connectivity index (χ1v) is 9.50. The Morgan fingerprint density at radius 1 is 0.923 bits per heavy atom. The van der Waals surface area contributed by atoms with Crippen LogP contribution in [-0.2, 0) is 10.0 Å². The van der Waals surface area contributed by atoms with E-state index in [1.54, 1.807) is 54.6 Å². The second-order valence-corrected chi connectivity index (χ2v) is 7.35. The SMILES string of the molecule is C=CCNS(=O)(=O)c1ccc(NC(=O)c2ccccc2)c2ccccc12. The van der Waals surface area contributed by atoms with Crippen LogP contribution in [0.3, 0.4) is 0 Å². The molecule has 0 spiro atoms. The van der Waals surface area contributed by atoms with E-state index in [9.17, 15) is 13.2 Å². The number of anilines is 1. The summed E-state index contributed by atoms with van der Waals surface area (Å²) in [6.45, 7) is 3.66. The third-order valence-corrected chi connectivity index (χ3v) is 5.36. The van der Waals surface area contributed by atoms with Crippen LogP contribution in [-0.4, -0.2) is 20.9 Å². The van der Waals surface area contributed by atoms with Crippen molar-refractivity contribution in [1.82, 2.24) is 4.72 Å². The summed E-state index contributed by atoms with van der Waals surface area (Å²) in [6, 6.07) is 19.0. The van der Waals surface area contributed by atoms with Gasteiger partial charge in [0.25, 0.3) is 5.91 Å². The van der Waals surface area contributed by atoms with Gasteiger partial charge < -0.3 is 5.32 Å². The van der Waals surface area contributed by atoms with Crippen LogP contribution in [0.5, 0.6) is 0 Å². The van der Waals surface area contributed by atoms with Gasteiger partial charge in [-0.15, -0.1) is 6.58 Å². The van der Waals surface area contributed by atoms with Gasteiger partial charge in [-0.05, 0) is 24.3 Å². The lowest BCUT2D eigenvalue weighted by atomic mass is 10.1. The standard InChI is InChI=1S/C20H18N2O3S/c1-2-14-21-26(24,25)19-13-12-18(16-10-6-7-11-17(16)19)22-20(23)15-8-4-3-5-9-15/h2-13,21H,1,14H2,(H,22,23). The molecule has 1 amide bonds. The van der Waals surface area contributed by atoms with Crippen LogP contribution in [0, 0.1) is 0 Å². The average Bonchev–Trinajstić information content (AvgIpc) is 2.67. The molecule has 26 heavy (non-hydrogen) atoms. The maximum absolute atomic E-state index is 12.5. The Kier molecular flexibility index (Phi) is 5.16. The Labute approximate surface area is 152 Å². The minimum Gasteiger partial charge on any atom is -0.321 e. The van der Waals surface area contributed by atoms with Crippen molar-refractivity contribution in [3.8, 4) is 0 Å². The minimum atomic E-state index is -3.68. The van der Waals surface area contributed by atoms with Gasteiger partial charge in [-0.2, -0.15) is 0 Å². The molecule has 0 bridgehead atoms. The highest BCUT2D eigenvalue weighted by Gasteiger charge is 2.18. The fourth-order valence-corrected chi connectivity index (χ4v) is 3.85. The van der Waals surface area contributed by atoms with Gasteiger partial charge in [0.05, 0.1) is 4.90 Å². The Morgan fingerprint density at radius 2 is 1.58 bits per heavy atom. The quantitative estimate of drug-likeness (QED) is 0.655.